The van der Waals surface area contributed by atoms with E-state index in [4.69, 9.17) is 4.74 Å². The second-order valence-corrected chi connectivity index (χ2v) is 5.95. The summed E-state index contributed by atoms with van der Waals surface area (Å²) in [5.74, 6) is -1.25. The highest BCUT2D eigenvalue weighted by molar-refractivity contribution is 6.03. The Bertz CT molecular complexity index is 1040. The number of hydrogen-bond donors (Lipinski definition) is 2. The number of esters is 1. The van der Waals surface area contributed by atoms with E-state index in [9.17, 15) is 14.4 Å². The van der Waals surface area contributed by atoms with E-state index in [1.807, 2.05) is 32.0 Å². The number of rotatable bonds is 4. The summed E-state index contributed by atoms with van der Waals surface area (Å²) in [6, 6.07) is 12.2. The van der Waals surface area contributed by atoms with Crippen LogP contribution in [0.1, 0.15) is 21.6 Å². The molecule has 0 spiro atoms. The van der Waals surface area contributed by atoms with Crippen LogP contribution in [0.2, 0.25) is 0 Å². The van der Waals surface area contributed by atoms with Crippen LogP contribution in [0.3, 0.4) is 0 Å². The Labute approximate surface area is 149 Å². The van der Waals surface area contributed by atoms with Crippen molar-refractivity contribution in [3.05, 3.63) is 69.6 Å². The Hall–Kier alpha value is -3.48. The number of anilines is 1. The molecule has 0 saturated heterocycles. The molecular weight excluding hydrogens is 334 g/mol. The Balaban J connectivity index is 1.70. The summed E-state index contributed by atoms with van der Waals surface area (Å²) in [6.45, 7) is 3.40. The molecule has 1 heterocycles. The molecule has 0 saturated carbocycles. The largest absolute Gasteiger partial charge is 0.451 e. The summed E-state index contributed by atoms with van der Waals surface area (Å²) in [6.07, 6.45) is 0. The monoisotopic (exact) mass is 351 g/mol. The van der Waals surface area contributed by atoms with E-state index in [1.165, 1.54) is 0 Å². The van der Waals surface area contributed by atoms with Crippen LogP contribution >= 0.6 is 0 Å². The van der Waals surface area contributed by atoms with Crippen LogP contribution in [0.25, 0.3) is 10.8 Å². The third-order valence-electron chi connectivity index (χ3n) is 3.73. The first-order chi connectivity index (χ1) is 12.4. The second kappa shape index (κ2) is 7.18. The van der Waals surface area contributed by atoms with Gasteiger partial charge in [0.1, 0.15) is 0 Å². The highest BCUT2D eigenvalue weighted by atomic mass is 16.5. The van der Waals surface area contributed by atoms with E-state index < -0.39 is 24.0 Å². The van der Waals surface area contributed by atoms with Crippen molar-refractivity contribution in [2.75, 3.05) is 11.9 Å². The zero-order valence-corrected chi connectivity index (χ0v) is 14.3. The topological polar surface area (TPSA) is 101 Å². The van der Waals surface area contributed by atoms with Crippen LogP contribution in [0.5, 0.6) is 0 Å². The number of amides is 1. The molecule has 0 atom stereocenters. The van der Waals surface area contributed by atoms with Gasteiger partial charge in [0.25, 0.3) is 11.5 Å². The molecule has 0 unspecified atom stereocenters. The van der Waals surface area contributed by atoms with Crippen molar-refractivity contribution in [3.8, 4) is 0 Å². The van der Waals surface area contributed by atoms with Gasteiger partial charge < -0.3 is 10.1 Å². The maximum Gasteiger partial charge on any atom is 0.359 e. The van der Waals surface area contributed by atoms with E-state index in [2.05, 4.69) is 15.5 Å². The number of carbonyl (C=O) groups excluding carboxylic acids is 2. The molecule has 132 valence electrons. The molecule has 0 radical (unpaired) electrons. The van der Waals surface area contributed by atoms with Gasteiger partial charge in [-0.05, 0) is 43.2 Å². The number of nitrogens with zero attached hydrogens (tertiary/aromatic N) is 1. The van der Waals surface area contributed by atoms with Gasteiger partial charge in [0.2, 0.25) is 0 Å². The van der Waals surface area contributed by atoms with E-state index >= 15 is 0 Å². The van der Waals surface area contributed by atoms with Crippen molar-refractivity contribution < 1.29 is 14.3 Å². The van der Waals surface area contributed by atoms with Gasteiger partial charge in [0.15, 0.2) is 12.3 Å². The number of aryl methyl sites for hydroxylation is 2. The quantitative estimate of drug-likeness (QED) is 0.703. The lowest BCUT2D eigenvalue weighted by Gasteiger charge is -2.09. The average Bonchev–Trinajstić information content (AvgIpc) is 2.59. The minimum absolute atomic E-state index is 0.0422. The summed E-state index contributed by atoms with van der Waals surface area (Å²) >= 11 is 0. The molecule has 1 amide bonds. The minimum atomic E-state index is -0.784. The summed E-state index contributed by atoms with van der Waals surface area (Å²) in [4.78, 5) is 36.0. The third-order valence-corrected chi connectivity index (χ3v) is 3.73. The van der Waals surface area contributed by atoms with Gasteiger partial charge in [0, 0.05) is 11.1 Å². The molecular formula is C19H17N3O4. The number of aromatic nitrogens is 2. The lowest BCUT2D eigenvalue weighted by molar-refractivity contribution is -0.119. The van der Waals surface area contributed by atoms with Crippen LogP contribution in [-0.4, -0.2) is 28.7 Å². The first-order valence-electron chi connectivity index (χ1n) is 7.97. The molecule has 3 rings (SSSR count). The molecule has 2 aromatic carbocycles. The number of benzene rings is 2. The van der Waals surface area contributed by atoms with E-state index in [1.54, 1.807) is 24.3 Å². The SMILES string of the molecule is Cc1cc(C)cc(NC(=O)COC(=O)c2n[nH]c(=O)c3ccccc23)c1. The zero-order chi connectivity index (χ0) is 18.7. The summed E-state index contributed by atoms with van der Waals surface area (Å²) in [5.41, 5.74) is 2.22. The Morgan fingerprint density at radius 3 is 2.42 bits per heavy atom. The predicted octanol–water partition coefficient (Wildman–Crippen LogP) is 2.34. The van der Waals surface area contributed by atoms with Crippen molar-refractivity contribution in [3.63, 3.8) is 0 Å². The van der Waals surface area contributed by atoms with Gasteiger partial charge in [-0.2, -0.15) is 5.10 Å². The number of nitrogens with one attached hydrogen (secondary N) is 2. The number of hydrogen-bond acceptors (Lipinski definition) is 5. The maximum atomic E-state index is 12.2. The molecule has 7 heteroatoms. The second-order valence-electron chi connectivity index (χ2n) is 5.95. The number of carbonyl (C=O) groups is 2. The highest BCUT2D eigenvalue weighted by Gasteiger charge is 2.16. The van der Waals surface area contributed by atoms with Crippen molar-refractivity contribution in [2.45, 2.75) is 13.8 Å². The minimum Gasteiger partial charge on any atom is -0.451 e. The van der Waals surface area contributed by atoms with E-state index in [0.29, 0.717) is 16.5 Å². The molecule has 3 aromatic rings. The van der Waals surface area contributed by atoms with Crippen molar-refractivity contribution >= 4 is 28.3 Å². The van der Waals surface area contributed by atoms with Crippen LogP contribution in [0.4, 0.5) is 5.69 Å². The number of ether oxygens (including phenoxy) is 1. The number of fused-ring (bicyclic) bond motifs is 1. The Kier molecular flexibility index (Phi) is 4.79. The lowest BCUT2D eigenvalue weighted by Crippen LogP contribution is -2.22. The van der Waals surface area contributed by atoms with Gasteiger partial charge in [-0.1, -0.05) is 24.3 Å². The third kappa shape index (κ3) is 3.77. The summed E-state index contributed by atoms with van der Waals surface area (Å²) in [5, 5.41) is 9.39. The molecule has 7 nitrogen and oxygen atoms in total. The first kappa shape index (κ1) is 17.3. The predicted molar refractivity (Wildman–Crippen MR) is 97.2 cm³/mol. The fourth-order valence-corrected chi connectivity index (χ4v) is 2.71. The number of aromatic amines is 1. The van der Waals surface area contributed by atoms with Crippen LogP contribution < -0.4 is 10.9 Å². The maximum absolute atomic E-state index is 12.2. The smallest absolute Gasteiger partial charge is 0.359 e. The fraction of sp³-hybridized carbons (Fsp3) is 0.158. The summed E-state index contributed by atoms with van der Waals surface area (Å²) in [7, 11) is 0. The average molecular weight is 351 g/mol. The molecule has 26 heavy (non-hydrogen) atoms. The highest BCUT2D eigenvalue weighted by Crippen LogP contribution is 2.15. The summed E-state index contributed by atoms with van der Waals surface area (Å²) < 4.78 is 5.04. The molecule has 0 fully saturated rings. The fourth-order valence-electron chi connectivity index (χ4n) is 2.71. The normalized spacial score (nSPS) is 10.5. The molecule has 1 aromatic heterocycles. The Morgan fingerprint density at radius 1 is 1.08 bits per heavy atom. The molecule has 0 aliphatic heterocycles. The molecule has 0 bridgehead atoms. The van der Waals surface area contributed by atoms with Gasteiger partial charge in [-0.3, -0.25) is 9.59 Å². The standard InChI is InChI=1S/C19H17N3O4/c1-11-7-12(2)9-13(8-11)20-16(23)10-26-19(25)17-14-5-3-4-6-15(14)18(24)22-21-17/h3-9H,10H2,1-2H3,(H,20,23)(H,22,24). The first-order valence-corrected chi connectivity index (χ1v) is 7.97. The number of H-pyrrole nitrogens is 1. The lowest BCUT2D eigenvalue weighted by atomic mass is 10.1. The van der Waals surface area contributed by atoms with Crippen LogP contribution in [0, 0.1) is 13.8 Å². The molecule has 0 aliphatic rings. The molecule has 2 N–H and O–H groups in total. The van der Waals surface area contributed by atoms with Gasteiger partial charge in [-0.25, -0.2) is 9.89 Å². The van der Waals surface area contributed by atoms with E-state index in [0.717, 1.165) is 11.1 Å². The molecule has 0 aliphatic carbocycles. The van der Waals surface area contributed by atoms with Gasteiger partial charge in [0.05, 0.1) is 5.39 Å². The van der Waals surface area contributed by atoms with Crippen molar-refractivity contribution in [1.82, 2.24) is 10.2 Å². The van der Waals surface area contributed by atoms with Crippen molar-refractivity contribution in [1.29, 1.82) is 0 Å². The van der Waals surface area contributed by atoms with E-state index in [-0.39, 0.29) is 5.69 Å². The van der Waals surface area contributed by atoms with Gasteiger partial charge >= 0.3 is 5.97 Å². The van der Waals surface area contributed by atoms with Crippen molar-refractivity contribution in [2.24, 2.45) is 0 Å². The van der Waals surface area contributed by atoms with Crippen LogP contribution in [-0.2, 0) is 9.53 Å². The van der Waals surface area contributed by atoms with Crippen LogP contribution in [0.15, 0.2) is 47.3 Å². The zero-order valence-electron chi connectivity index (χ0n) is 14.3. The Morgan fingerprint density at radius 2 is 1.73 bits per heavy atom. The van der Waals surface area contributed by atoms with Gasteiger partial charge in [-0.15, -0.1) is 0 Å².